The summed E-state index contributed by atoms with van der Waals surface area (Å²) in [4.78, 5) is 13.8. The van der Waals surface area contributed by atoms with Gasteiger partial charge in [0.25, 0.3) is 0 Å². The van der Waals surface area contributed by atoms with Crippen LogP contribution in [0.15, 0.2) is 0 Å². The zero-order chi connectivity index (χ0) is 16.1. The lowest BCUT2D eigenvalue weighted by Crippen LogP contribution is -2.55. The summed E-state index contributed by atoms with van der Waals surface area (Å²) >= 11 is 0. The molecule has 4 unspecified atom stereocenters. The van der Waals surface area contributed by atoms with E-state index in [0.717, 1.165) is 0 Å². The molecular formula is C14H27N3O5. The Kier molecular flexibility index (Phi) is 6.39. The Morgan fingerprint density at radius 1 is 1.32 bits per heavy atom. The predicted molar refractivity (Wildman–Crippen MR) is 79.6 cm³/mol. The van der Waals surface area contributed by atoms with E-state index in [1.165, 1.54) is 0 Å². The molecule has 2 saturated heterocycles. The lowest BCUT2D eigenvalue weighted by atomic mass is 10.0. The van der Waals surface area contributed by atoms with E-state index in [0.29, 0.717) is 26.3 Å². The van der Waals surface area contributed by atoms with E-state index in [1.54, 1.807) is 0 Å². The zero-order valence-corrected chi connectivity index (χ0v) is 13.2. The maximum atomic E-state index is 11.7. The number of nitrogens with zero attached hydrogens (tertiary/aromatic N) is 1. The van der Waals surface area contributed by atoms with E-state index >= 15 is 0 Å². The van der Waals surface area contributed by atoms with Gasteiger partial charge in [-0.15, -0.1) is 0 Å². The summed E-state index contributed by atoms with van der Waals surface area (Å²) < 4.78 is 11.1. The van der Waals surface area contributed by atoms with Gasteiger partial charge in [-0.25, -0.2) is 4.79 Å². The number of aliphatic hydroxyl groups excluding tert-OH is 2. The van der Waals surface area contributed by atoms with E-state index in [2.05, 4.69) is 15.5 Å². The summed E-state index contributed by atoms with van der Waals surface area (Å²) in [6.07, 6.45) is -1.75. The zero-order valence-electron chi connectivity index (χ0n) is 13.2. The first-order valence-corrected chi connectivity index (χ1v) is 7.83. The summed E-state index contributed by atoms with van der Waals surface area (Å²) in [5.74, 6) is 0. The Morgan fingerprint density at radius 3 is 2.59 bits per heavy atom. The van der Waals surface area contributed by atoms with Crippen LogP contribution in [0.3, 0.4) is 0 Å². The highest BCUT2D eigenvalue weighted by Crippen LogP contribution is 2.26. The topological polar surface area (TPSA) is 103 Å². The Morgan fingerprint density at radius 2 is 2.00 bits per heavy atom. The van der Waals surface area contributed by atoms with E-state index in [9.17, 15) is 15.0 Å². The number of hydrogen-bond acceptors (Lipinski definition) is 6. The van der Waals surface area contributed by atoms with Crippen molar-refractivity contribution in [3.8, 4) is 0 Å². The number of carbonyl (C=O) groups excluding carboxylic acids is 1. The molecule has 128 valence electrons. The van der Waals surface area contributed by atoms with Crippen LogP contribution in [0.2, 0.25) is 0 Å². The second-order valence-corrected chi connectivity index (χ2v) is 6.03. The van der Waals surface area contributed by atoms with Crippen molar-refractivity contribution in [2.24, 2.45) is 0 Å². The van der Waals surface area contributed by atoms with Crippen molar-refractivity contribution >= 4 is 6.03 Å². The molecule has 4 N–H and O–H groups in total. The number of amides is 2. The minimum absolute atomic E-state index is 0.0512. The lowest BCUT2D eigenvalue weighted by Gasteiger charge is -2.36. The summed E-state index contributed by atoms with van der Waals surface area (Å²) in [6.45, 7) is 6.45. The van der Waals surface area contributed by atoms with Crippen molar-refractivity contribution in [1.29, 1.82) is 0 Å². The minimum atomic E-state index is -0.775. The molecule has 2 fully saturated rings. The summed E-state index contributed by atoms with van der Waals surface area (Å²) in [5, 5.41) is 25.2. The van der Waals surface area contributed by atoms with E-state index < -0.39 is 12.2 Å². The van der Waals surface area contributed by atoms with E-state index in [4.69, 9.17) is 9.47 Å². The highest BCUT2D eigenvalue weighted by molar-refractivity contribution is 5.74. The molecule has 22 heavy (non-hydrogen) atoms. The van der Waals surface area contributed by atoms with Crippen molar-refractivity contribution in [2.45, 2.75) is 44.2 Å². The van der Waals surface area contributed by atoms with Crippen molar-refractivity contribution in [3.63, 3.8) is 0 Å². The van der Waals surface area contributed by atoms with Gasteiger partial charge in [-0.1, -0.05) is 0 Å². The molecule has 0 spiro atoms. The van der Waals surface area contributed by atoms with Gasteiger partial charge in [0, 0.05) is 25.7 Å². The lowest BCUT2D eigenvalue weighted by molar-refractivity contribution is -0.0215. The second-order valence-electron chi connectivity index (χ2n) is 6.03. The van der Waals surface area contributed by atoms with Gasteiger partial charge in [0.15, 0.2) is 0 Å². The molecule has 2 rings (SSSR count). The molecule has 0 aromatic heterocycles. The second kappa shape index (κ2) is 8.07. The maximum Gasteiger partial charge on any atom is 0.315 e. The van der Waals surface area contributed by atoms with Gasteiger partial charge >= 0.3 is 6.03 Å². The van der Waals surface area contributed by atoms with Crippen molar-refractivity contribution in [3.05, 3.63) is 0 Å². The fraction of sp³-hybridized carbons (Fsp3) is 0.929. The largest absolute Gasteiger partial charge is 0.394 e. The molecule has 8 nitrogen and oxygen atoms in total. The third kappa shape index (κ3) is 4.30. The molecule has 0 saturated carbocycles. The first kappa shape index (κ1) is 17.4. The number of nitrogens with one attached hydrogen (secondary N) is 2. The van der Waals surface area contributed by atoms with Crippen LogP contribution in [0.4, 0.5) is 4.79 Å². The summed E-state index contributed by atoms with van der Waals surface area (Å²) in [5.41, 5.74) is 0. The molecule has 0 aromatic carbocycles. The number of morpholine rings is 1. The van der Waals surface area contributed by atoms with E-state index in [-0.39, 0.29) is 37.4 Å². The van der Waals surface area contributed by atoms with Gasteiger partial charge < -0.3 is 30.3 Å². The SMILES string of the molecule is CC(C)NC(=O)NCC1OC(CO)C(O)C1N1CCOCC1. The quantitative estimate of drug-likeness (QED) is 0.493. The Balaban J connectivity index is 1.95. The number of aliphatic hydroxyl groups is 2. The van der Waals surface area contributed by atoms with Gasteiger partial charge in [0.1, 0.15) is 12.2 Å². The van der Waals surface area contributed by atoms with Gasteiger partial charge in [0.05, 0.1) is 32.0 Å². The van der Waals surface area contributed by atoms with Crippen LogP contribution < -0.4 is 10.6 Å². The Labute approximate surface area is 130 Å². The average Bonchev–Trinajstić information content (AvgIpc) is 2.81. The van der Waals surface area contributed by atoms with Crippen LogP contribution in [0.5, 0.6) is 0 Å². The highest BCUT2D eigenvalue weighted by Gasteiger charge is 2.46. The third-order valence-electron chi connectivity index (χ3n) is 3.99. The molecule has 8 heteroatoms. The fourth-order valence-corrected chi connectivity index (χ4v) is 2.98. The molecule has 2 amide bonds. The first-order valence-electron chi connectivity index (χ1n) is 7.83. The van der Waals surface area contributed by atoms with Gasteiger partial charge in [0.2, 0.25) is 0 Å². The molecule has 0 bridgehead atoms. The predicted octanol–water partition coefficient (Wildman–Crippen LogP) is -1.48. The standard InChI is InChI=1S/C14H27N3O5/c1-9(2)16-14(20)15-7-10-12(13(19)11(8-18)22-10)17-3-5-21-6-4-17/h9-13,18-19H,3-8H2,1-2H3,(H2,15,16,20). The van der Waals surface area contributed by atoms with Gasteiger partial charge in [-0.2, -0.15) is 0 Å². The van der Waals surface area contributed by atoms with Crippen LogP contribution in [-0.4, -0.2) is 91.0 Å². The van der Waals surface area contributed by atoms with Crippen molar-refractivity contribution in [1.82, 2.24) is 15.5 Å². The third-order valence-corrected chi connectivity index (χ3v) is 3.99. The number of carbonyl (C=O) groups is 1. The van der Waals surface area contributed by atoms with Crippen LogP contribution in [0, 0.1) is 0 Å². The molecule has 2 heterocycles. The van der Waals surface area contributed by atoms with E-state index in [1.807, 2.05) is 13.8 Å². The highest BCUT2D eigenvalue weighted by atomic mass is 16.5. The molecule has 2 aliphatic rings. The molecular weight excluding hydrogens is 290 g/mol. The number of rotatable bonds is 5. The molecule has 0 aliphatic carbocycles. The van der Waals surface area contributed by atoms with Crippen LogP contribution in [0.1, 0.15) is 13.8 Å². The monoisotopic (exact) mass is 317 g/mol. The molecule has 4 atom stereocenters. The maximum absolute atomic E-state index is 11.7. The summed E-state index contributed by atoms with van der Waals surface area (Å²) in [6, 6.07) is -0.461. The number of urea groups is 1. The number of hydrogen-bond donors (Lipinski definition) is 4. The van der Waals surface area contributed by atoms with Crippen LogP contribution in [-0.2, 0) is 9.47 Å². The van der Waals surface area contributed by atoms with Crippen molar-refractivity contribution < 1.29 is 24.5 Å². The fourth-order valence-electron chi connectivity index (χ4n) is 2.98. The minimum Gasteiger partial charge on any atom is -0.394 e. The Bertz CT molecular complexity index is 362. The molecule has 0 aromatic rings. The average molecular weight is 317 g/mol. The van der Waals surface area contributed by atoms with Crippen molar-refractivity contribution in [2.75, 3.05) is 39.5 Å². The molecule has 0 radical (unpaired) electrons. The van der Waals surface area contributed by atoms with Gasteiger partial charge in [-0.05, 0) is 13.8 Å². The van der Waals surface area contributed by atoms with Gasteiger partial charge in [-0.3, -0.25) is 4.90 Å². The first-order chi connectivity index (χ1) is 10.5. The normalized spacial score (nSPS) is 33.1. The summed E-state index contributed by atoms with van der Waals surface area (Å²) in [7, 11) is 0. The van der Waals surface area contributed by atoms with Crippen LogP contribution in [0.25, 0.3) is 0 Å². The van der Waals surface area contributed by atoms with Crippen LogP contribution >= 0.6 is 0 Å². The number of ether oxygens (including phenoxy) is 2. The molecule has 2 aliphatic heterocycles. The smallest absolute Gasteiger partial charge is 0.315 e. The Hall–Kier alpha value is -0.930.